The fourth-order valence-electron chi connectivity index (χ4n) is 1.73. The van der Waals surface area contributed by atoms with Crippen LogP contribution in [0.25, 0.3) is 0 Å². The summed E-state index contributed by atoms with van der Waals surface area (Å²) >= 11 is 0. The number of aromatic nitrogens is 2. The first-order valence-corrected chi connectivity index (χ1v) is 6.06. The van der Waals surface area contributed by atoms with Crippen LogP contribution in [0, 0.1) is 0 Å². The number of hydrogen-bond donors (Lipinski definition) is 1. The predicted molar refractivity (Wildman–Crippen MR) is 63.5 cm³/mol. The lowest BCUT2D eigenvalue weighted by Crippen LogP contribution is -2.25. The first-order valence-electron chi connectivity index (χ1n) is 6.06. The second-order valence-electron chi connectivity index (χ2n) is 4.21. The quantitative estimate of drug-likeness (QED) is 0.840. The van der Waals surface area contributed by atoms with Crippen molar-refractivity contribution in [3.8, 4) is 0 Å². The van der Waals surface area contributed by atoms with Gasteiger partial charge in [0.05, 0.1) is 19.8 Å². The Morgan fingerprint density at radius 1 is 1.53 bits per heavy atom. The highest BCUT2D eigenvalue weighted by Crippen LogP contribution is 2.17. The zero-order chi connectivity index (χ0) is 12.1. The lowest BCUT2D eigenvalue weighted by atomic mass is 10.1. The van der Waals surface area contributed by atoms with E-state index in [0.29, 0.717) is 25.6 Å². The van der Waals surface area contributed by atoms with Gasteiger partial charge >= 0.3 is 0 Å². The van der Waals surface area contributed by atoms with Crippen LogP contribution in [-0.4, -0.2) is 35.8 Å². The molecule has 1 fully saturated rings. The summed E-state index contributed by atoms with van der Waals surface area (Å²) in [5, 5.41) is 0. The number of hydrogen-bond acceptors (Lipinski definition) is 5. The van der Waals surface area contributed by atoms with Gasteiger partial charge in [-0.3, -0.25) is 0 Å². The largest absolute Gasteiger partial charge is 0.376 e. The van der Waals surface area contributed by atoms with Gasteiger partial charge in [-0.15, -0.1) is 0 Å². The molecule has 1 aromatic heterocycles. The fraction of sp³-hybridized carbons (Fsp3) is 0.667. The first-order chi connectivity index (χ1) is 8.29. The Kier molecular flexibility index (Phi) is 4.42. The molecule has 0 radical (unpaired) electrons. The molecular weight excluding hydrogens is 218 g/mol. The van der Waals surface area contributed by atoms with Gasteiger partial charge in [0, 0.05) is 24.4 Å². The van der Waals surface area contributed by atoms with Gasteiger partial charge in [-0.1, -0.05) is 6.92 Å². The molecule has 5 nitrogen and oxygen atoms in total. The molecule has 0 amide bonds. The van der Waals surface area contributed by atoms with Crippen molar-refractivity contribution in [2.24, 2.45) is 5.73 Å². The van der Waals surface area contributed by atoms with Crippen molar-refractivity contribution in [2.75, 3.05) is 19.8 Å². The van der Waals surface area contributed by atoms with Crippen molar-refractivity contribution in [3.05, 3.63) is 23.8 Å². The summed E-state index contributed by atoms with van der Waals surface area (Å²) in [7, 11) is 0. The van der Waals surface area contributed by atoms with E-state index in [9.17, 15) is 0 Å². The molecule has 1 aliphatic rings. The molecule has 94 valence electrons. The van der Waals surface area contributed by atoms with E-state index in [1.807, 2.05) is 6.07 Å². The molecule has 2 heterocycles. The predicted octanol–water partition coefficient (Wildman–Crippen LogP) is 0.844. The summed E-state index contributed by atoms with van der Waals surface area (Å²) in [5.41, 5.74) is 6.89. The first kappa shape index (κ1) is 12.4. The molecule has 0 spiro atoms. The third-order valence-corrected chi connectivity index (χ3v) is 2.83. The Balaban J connectivity index is 2.05. The van der Waals surface area contributed by atoms with Crippen LogP contribution in [0.1, 0.15) is 31.0 Å². The number of nitrogens with two attached hydrogens (primary N) is 1. The molecule has 1 saturated heterocycles. The van der Waals surface area contributed by atoms with E-state index >= 15 is 0 Å². The molecule has 1 aromatic rings. The Hall–Kier alpha value is -1.04. The van der Waals surface area contributed by atoms with Crippen molar-refractivity contribution in [1.29, 1.82) is 0 Å². The second kappa shape index (κ2) is 6.05. The normalized spacial score (nSPS) is 22.4. The number of rotatable bonds is 4. The maximum Gasteiger partial charge on any atom is 0.159 e. The van der Waals surface area contributed by atoms with E-state index in [2.05, 4.69) is 16.9 Å². The van der Waals surface area contributed by atoms with Crippen LogP contribution in [0.3, 0.4) is 0 Å². The Bertz CT molecular complexity index is 353. The van der Waals surface area contributed by atoms with Crippen molar-refractivity contribution >= 4 is 0 Å². The summed E-state index contributed by atoms with van der Waals surface area (Å²) in [5.74, 6) is 0.700. The van der Waals surface area contributed by atoms with Gasteiger partial charge < -0.3 is 15.2 Å². The smallest absolute Gasteiger partial charge is 0.159 e. The maximum atomic E-state index is 5.92. The van der Waals surface area contributed by atoms with E-state index in [1.165, 1.54) is 0 Å². The lowest BCUT2D eigenvalue weighted by Gasteiger charge is -2.22. The van der Waals surface area contributed by atoms with Crippen LogP contribution < -0.4 is 5.73 Å². The minimum Gasteiger partial charge on any atom is -0.376 e. The lowest BCUT2D eigenvalue weighted by molar-refractivity contribution is -0.0936. The van der Waals surface area contributed by atoms with Crippen LogP contribution in [0.4, 0.5) is 0 Å². The number of ether oxygens (including phenoxy) is 2. The topological polar surface area (TPSA) is 70.3 Å². The molecule has 2 unspecified atom stereocenters. The molecule has 0 aliphatic carbocycles. The third-order valence-electron chi connectivity index (χ3n) is 2.83. The van der Waals surface area contributed by atoms with Gasteiger partial charge in [-0.25, -0.2) is 9.97 Å². The van der Waals surface area contributed by atoms with E-state index in [1.54, 1.807) is 6.20 Å². The van der Waals surface area contributed by atoms with Gasteiger partial charge in [0.15, 0.2) is 5.82 Å². The Morgan fingerprint density at radius 2 is 2.41 bits per heavy atom. The summed E-state index contributed by atoms with van der Waals surface area (Å²) in [6.45, 7) is 3.86. The highest BCUT2D eigenvalue weighted by atomic mass is 16.6. The maximum absolute atomic E-state index is 5.92. The Morgan fingerprint density at radius 3 is 3.12 bits per heavy atom. The van der Waals surface area contributed by atoms with Crippen molar-refractivity contribution < 1.29 is 9.47 Å². The average Bonchev–Trinajstić information content (AvgIpc) is 2.40. The minimum absolute atomic E-state index is 0.137. The monoisotopic (exact) mass is 237 g/mol. The third kappa shape index (κ3) is 3.46. The zero-order valence-electron chi connectivity index (χ0n) is 10.1. The van der Waals surface area contributed by atoms with Gasteiger partial charge in [-0.05, 0) is 12.5 Å². The van der Waals surface area contributed by atoms with E-state index < -0.39 is 0 Å². The molecule has 1 aliphatic heterocycles. The summed E-state index contributed by atoms with van der Waals surface area (Å²) < 4.78 is 10.9. The standard InChI is InChI=1S/C12H19N3O2/c1-2-9(13)7-10-3-4-14-12(15-10)11-8-16-5-6-17-11/h3-4,9,11H,2,5-8,13H2,1H3. The molecule has 2 rings (SSSR count). The van der Waals surface area contributed by atoms with Crippen LogP contribution in [0.5, 0.6) is 0 Å². The summed E-state index contributed by atoms with van der Waals surface area (Å²) in [6.07, 6.45) is 3.35. The summed E-state index contributed by atoms with van der Waals surface area (Å²) in [6, 6.07) is 2.06. The van der Waals surface area contributed by atoms with Gasteiger partial charge in [0.2, 0.25) is 0 Å². The van der Waals surface area contributed by atoms with E-state index in [0.717, 1.165) is 18.5 Å². The van der Waals surface area contributed by atoms with Crippen LogP contribution in [0.15, 0.2) is 12.3 Å². The van der Waals surface area contributed by atoms with Crippen LogP contribution in [0.2, 0.25) is 0 Å². The summed E-state index contributed by atoms with van der Waals surface area (Å²) in [4.78, 5) is 8.73. The van der Waals surface area contributed by atoms with Gasteiger partial charge in [0.25, 0.3) is 0 Å². The molecule has 0 aromatic carbocycles. The fourth-order valence-corrected chi connectivity index (χ4v) is 1.73. The van der Waals surface area contributed by atoms with Crippen molar-refractivity contribution in [3.63, 3.8) is 0 Å². The Labute approximate surface area is 101 Å². The molecule has 0 saturated carbocycles. The molecular formula is C12H19N3O2. The van der Waals surface area contributed by atoms with E-state index in [-0.39, 0.29) is 12.1 Å². The van der Waals surface area contributed by atoms with Crippen molar-refractivity contribution in [2.45, 2.75) is 31.9 Å². The minimum atomic E-state index is -0.137. The van der Waals surface area contributed by atoms with Gasteiger partial charge in [0.1, 0.15) is 6.10 Å². The van der Waals surface area contributed by atoms with Gasteiger partial charge in [-0.2, -0.15) is 0 Å². The van der Waals surface area contributed by atoms with E-state index in [4.69, 9.17) is 15.2 Å². The molecule has 17 heavy (non-hydrogen) atoms. The number of nitrogens with zero attached hydrogens (tertiary/aromatic N) is 2. The SMILES string of the molecule is CCC(N)Cc1ccnc(C2COCCO2)n1. The highest BCUT2D eigenvalue weighted by molar-refractivity contribution is 5.06. The second-order valence-corrected chi connectivity index (χ2v) is 4.21. The molecule has 2 atom stereocenters. The molecule has 2 N–H and O–H groups in total. The highest BCUT2D eigenvalue weighted by Gasteiger charge is 2.19. The molecule has 5 heteroatoms. The van der Waals surface area contributed by atoms with Crippen molar-refractivity contribution in [1.82, 2.24) is 9.97 Å². The average molecular weight is 237 g/mol. The molecule has 0 bridgehead atoms. The van der Waals surface area contributed by atoms with Crippen LogP contribution in [-0.2, 0) is 15.9 Å². The van der Waals surface area contributed by atoms with Crippen LogP contribution >= 0.6 is 0 Å². The zero-order valence-corrected chi connectivity index (χ0v) is 10.1.